The summed E-state index contributed by atoms with van der Waals surface area (Å²) < 4.78 is 0. The number of hydrogen-bond donors (Lipinski definition) is 1. The first-order chi connectivity index (χ1) is 5.77. The Hall–Kier alpha value is -0.0900. The molecule has 0 saturated carbocycles. The lowest BCUT2D eigenvalue weighted by Gasteiger charge is -1.89. The average Bonchev–Trinajstić information content (AvgIpc) is 2.02. The molecule has 12 heavy (non-hydrogen) atoms. The summed E-state index contributed by atoms with van der Waals surface area (Å²) >= 11 is 0. The maximum Gasteiger partial charge on any atom is 0.303 e. The molecule has 0 aliphatic rings. The zero-order valence-electron chi connectivity index (χ0n) is 7.28. The van der Waals surface area contributed by atoms with Crippen LogP contribution in [0.2, 0.25) is 0 Å². The van der Waals surface area contributed by atoms with Gasteiger partial charge in [-0.15, -0.1) is 0 Å². The molecule has 0 aliphatic carbocycles. The minimum Gasteiger partial charge on any atom is -0.481 e. The Morgan fingerprint density at radius 1 is 1.58 bits per heavy atom. The van der Waals surface area contributed by atoms with Crippen LogP contribution in [-0.4, -0.2) is 22.2 Å². The topological polar surface area (TPSA) is 37.3 Å². The molecule has 0 aromatic rings. The largest absolute Gasteiger partial charge is 0.481 e. The molecular weight excluding hydrogens is 192 g/mol. The van der Waals surface area contributed by atoms with E-state index in [0.717, 1.165) is 25.0 Å². The normalized spacial score (nSPS) is 10.8. The molecule has 0 radical (unpaired) electrons. The van der Waals surface area contributed by atoms with Crippen molar-refractivity contribution in [3.05, 3.63) is 0 Å². The SMILES string of the molecule is CCS[S+]=CCCCCC(=O)O. The number of carboxylic acids is 1. The molecule has 4 heteroatoms. The molecule has 0 aromatic heterocycles. The Kier molecular flexibility index (Phi) is 8.93. The quantitative estimate of drug-likeness (QED) is 0.301. The molecule has 0 atom stereocenters. The van der Waals surface area contributed by atoms with E-state index >= 15 is 0 Å². The number of unbranched alkanes of at least 4 members (excludes halogenated alkanes) is 2. The molecule has 0 heterocycles. The molecule has 70 valence electrons. The van der Waals surface area contributed by atoms with E-state index in [9.17, 15) is 4.79 Å². The molecule has 0 amide bonds. The zero-order chi connectivity index (χ0) is 9.23. The smallest absolute Gasteiger partial charge is 0.303 e. The van der Waals surface area contributed by atoms with Gasteiger partial charge in [-0.3, -0.25) is 4.79 Å². The van der Waals surface area contributed by atoms with Crippen LogP contribution in [0.5, 0.6) is 0 Å². The highest BCUT2D eigenvalue weighted by Crippen LogP contribution is 1.99. The molecule has 0 rings (SSSR count). The van der Waals surface area contributed by atoms with E-state index in [1.165, 1.54) is 0 Å². The molecule has 1 N–H and O–H groups in total. The van der Waals surface area contributed by atoms with Gasteiger partial charge in [-0.1, -0.05) is 6.92 Å². The van der Waals surface area contributed by atoms with Crippen molar-refractivity contribution in [2.75, 3.05) is 5.75 Å². The van der Waals surface area contributed by atoms with Crippen LogP contribution in [0, 0.1) is 0 Å². The highest BCUT2D eigenvalue weighted by atomic mass is 33.1. The minimum absolute atomic E-state index is 0.305. The average molecular weight is 207 g/mol. The van der Waals surface area contributed by atoms with E-state index in [-0.39, 0.29) is 0 Å². The van der Waals surface area contributed by atoms with Crippen LogP contribution in [0.1, 0.15) is 32.6 Å². The third kappa shape index (κ3) is 9.91. The standard InChI is InChI=1S/C8H14O2S2/c1-2-11-12-7-5-3-4-6-8(9)10/h7H,2-6H2,1H3/p+1. The second kappa shape index (κ2) is 9.00. The monoisotopic (exact) mass is 207 g/mol. The van der Waals surface area contributed by atoms with Crippen LogP contribution < -0.4 is 0 Å². The van der Waals surface area contributed by atoms with Crippen LogP contribution in [-0.2, 0) is 15.2 Å². The molecule has 0 aliphatic heterocycles. The molecule has 0 fully saturated rings. The first kappa shape index (κ1) is 11.9. The second-order valence-electron chi connectivity index (χ2n) is 2.31. The van der Waals surface area contributed by atoms with Gasteiger partial charge < -0.3 is 5.11 Å². The van der Waals surface area contributed by atoms with Gasteiger partial charge in [0.15, 0.2) is 16.2 Å². The molecule has 0 unspecified atom stereocenters. The van der Waals surface area contributed by atoms with Crippen molar-refractivity contribution in [2.24, 2.45) is 0 Å². The summed E-state index contributed by atoms with van der Waals surface area (Å²) in [7, 11) is 3.57. The molecule has 0 spiro atoms. The van der Waals surface area contributed by atoms with Gasteiger partial charge in [0, 0.05) is 12.8 Å². The predicted octanol–water partition coefficient (Wildman–Crippen LogP) is 2.18. The van der Waals surface area contributed by atoms with Gasteiger partial charge in [-0.05, 0) is 12.8 Å². The Morgan fingerprint density at radius 3 is 2.92 bits per heavy atom. The van der Waals surface area contributed by atoms with Crippen LogP contribution in [0.15, 0.2) is 0 Å². The number of aliphatic carboxylic acids is 1. The van der Waals surface area contributed by atoms with E-state index in [2.05, 4.69) is 12.3 Å². The van der Waals surface area contributed by atoms with Crippen LogP contribution in [0.4, 0.5) is 0 Å². The fourth-order valence-electron chi connectivity index (χ4n) is 0.668. The predicted molar refractivity (Wildman–Crippen MR) is 57.7 cm³/mol. The number of carbonyl (C=O) groups is 1. The number of rotatable bonds is 7. The van der Waals surface area contributed by atoms with Gasteiger partial charge in [0.1, 0.15) is 0 Å². The Bertz CT molecular complexity index is 146. The van der Waals surface area contributed by atoms with E-state index < -0.39 is 5.97 Å². The summed E-state index contributed by atoms with van der Waals surface area (Å²) in [5.74, 6) is 0.432. The van der Waals surface area contributed by atoms with Crippen LogP contribution in [0.3, 0.4) is 0 Å². The van der Waals surface area contributed by atoms with Crippen molar-refractivity contribution in [3.63, 3.8) is 0 Å². The lowest BCUT2D eigenvalue weighted by molar-refractivity contribution is -0.137. The number of hydrogen-bond acceptors (Lipinski definition) is 2. The summed E-state index contributed by atoms with van der Waals surface area (Å²) in [5.41, 5.74) is 0. The van der Waals surface area contributed by atoms with Crippen LogP contribution >= 0.6 is 10.8 Å². The highest BCUT2D eigenvalue weighted by molar-refractivity contribution is 8.65. The van der Waals surface area contributed by atoms with Crippen molar-refractivity contribution in [1.29, 1.82) is 0 Å². The number of carboxylic acid groups (broad SMARTS) is 1. The Balaban J connectivity index is 3.05. The summed E-state index contributed by atoms with van der Waals surface area (Å²) in [5, 5.41) is 10.5. The maximum atomic E-state index is 10.1. The molecule has 0 saturated heterocycles. The third-order valence-electron chi connectivity index (χ3n) is 1.22. The summed E-state index contributed by atoms with van der Waals surface area (Å²) in [4.78, 5) is 10.1. The molecule has 0 bridgehead atoms. The zero-order valence-corrected chi connectivity index (χ0v) is 8.92. The maximum absolute atomic E-state index is 10.1. The van der Waals surface area contributed by atoms with E-state index in [1.807, 2.05) is 10.8 Å². The van der Waals surface area contributed by atoms with Gasteiger partial charge in [0.25, 0.3) is 10.4 Å². The summed E-state index contributed by atoms with van der Waals surface area (Å²) in [6.07, 6.45) is 3.11. The first-order valence-corrected chi connectivity index (χ1v) is 6.47. The van der Waals surface area contributed by atoms with E-state index in [0.29, 0.717) is 6.42 Å². The van der Waals surface area contributed by atoms with Gasteiger partial charge >= 0.3 is 5.97 Å². The van der Waals surface area contributed by atoms with Gasteiger partial charge in [0.05, 0.1) is 5.75 Å². The molecule has 2 nitrogen and oxygen atoms in total. The van der Waals surface area contributed by atoms with Crippen LogP contribution in [0.25, 0.3) is 0 Å². The van der Waals surface area contributed by atoms with Crippen molar-refractivity contribution in [2.45, 2.75) is 32.6 Å². The minimum atomic E-state index is -0.689. The Morgan fingerprint density at radius 2 is 2.33 bits per heavy atom. The first-order valence-electron chi connectivity index (χ1n) is 4.09. The highest BCUT2D eigenvalue weighted by Gasteiger charge is 1.97. The van der Waals surface area contributed by atoms with Crippen molar-refractivity contribution < 1.29 is 9.90 Å². The second-order valence-corrected chi connectivity index (χ2v) is 4.93. The lowest BCUT2D eigenvalue weighted by Crippen LogP contribution is -1.93. The fraction of sp³-hybridized carbons (Fsp3) is 0.750. The van der Waals surface area contributed by atoms with E-state index in [1.54, 1.807) is 10.4 Å². The lowest BCUT2D eigenvalue weighted by atomic mass is 10.2. The Labute approximate surface area is 81.1 Å². The van der Waals surface area contributed by atoms with Gasteiger partial charge in [-0.25, -0.2) is 0 Å². The summed E-state index contributed by atoms with van der Waals surface area (Å²) in [6, 6.07) is 0. The summed E-state index contributed by atoms with van der Waals surface area (Å²) in [6.45, 7) is 2.12. The van der Waals surface area contributed by atoms with Crippen molar-refractivity contribution in [1.82, 2.24) is 0 Å². The van der Waals surface area contributed by atoms with Gasteiger partial charge in [-0.2, -0.15) is 0 Å². The molecule has 0 aromatic carbocycles. The van der Waals surface area contributed by atoms with Crippen molar-refractivity contribution in [3.8, 4) is 0 Å². The molecular formula is C8H15O2S2+. The van der Waals surface area contributed by atoms with Gasteiger partial charge in [0.2, 0.25) is 0 Å². The fourth-order valence-corrected chi connectivity index (χ4v) is 2.15. The third-order valence-corrected chi connectivity index (χ3v) is 3.48. The van der Waals surface area contributed by atoms with E-state index in [4.69, 9.17) is 5.11 Å². The van der Waals surface area contributed by atoms with Crippen molar-refractivity contribution >= 4 is 32.5 Å².